The molecule has 3 rings (SSSR count). The van der Waals surface area contributed by atoms with Gasteiger partial charge >= 0.3 is 5.97 Å². The van der Waals surface area contributed by atoms with Gasteiger partial charge in [-0.25, -0.2) is 9.97 Å². The van der Waals surface area contributed by atoms with Gasteiger partial charge in [-0.1, -0.05) is 76.2 Å². The van der Waals surface area contributed by atoms with Crippen molar-refractivity contribution >= 4 is 12.0 Å². The largest absolute Gasteiger partial charge is 0.466 e. The fraction of sp³-hybridized carbons (Fsp3) is 0.441. The summed E-state index contributed by atoms with van der Waals surface area (Å²) < 4.78 is 5.02. The van der Waals surface area contributed by atoms with Crippen LogP contribution >= 0.6 is 0 Å². The number of benzene rings is 2. The molecule has 39 heavy (non-hydrogen) atoms. The number of esters is 1. The van der Waals surface area contributed by atoms with E-state index in [1.807, 2.05) is 32.3 Å². The summed E-state index contributed by atoms with van der Waals surface area (Å²) in [6.45, 7) is 14.6. The Bertz CT molecular complexity index is 1290. The molecule has 208 valence electrons. The third-order valence-corrected chi connectivity index (χ3v) is 8.25. The first-order chi connectivity index (χ1) is 18.6. The molecule has 0 saturated carbocycles. The number of carbonyl (C=O) groups is 1. The normalized spacial score (nSPS) is 12.2. The summed E-state index contributed by atoms with van der Waals surface area (Å²) in [5, 5.41) is 10.7. The molecule has 5 heteroatoms. The van der Waals surface area contributed by atoms with E-state index in [-0.39, 0.29) is 11.4 Å². The van der Waals surface area contributed by atoms with Gasteiger partial charge in [-0.05, 0) is 72.9 Å². The van der Waals surface area contributed by atoms with Crippen molar-refractivity contribution in [3.05, 3.63) is 88.2 Å². The average Bonchev–Trinajstić information content (AvgIpc) is 2.94. The van der Waals surface area contributed by atoms with E-state index in [0.717, 1.165) is 35.1 Å². The van der Waals surface area contributed by atoms with Crippen LogP contribution in [0.1, 0.15) is 93.7 Å². The first kappa shape index (κ1) is 30.2. The minimum Gasteiger partial charge on any atom is -0.466 e. The molecule has 0 aliphatic rings. The highest BCUT2D eigenvalue weighted by molar-refractivity contribution is 5.66. The van der Waals surface area contributed by atoms with Crippen molar-refractivity contribution in [2.75, 3.05) is 6.61 Å². The molecule has 0 atom stereocenters. The minimum absolute atomic E-state index is 0.106. The molecular weight excluding hydrogens is 484 g/mol. The molecule has 3 aromatic rings. The number of ether oxygens (including phenoxy) is 1. The number of rotatable bonds is 12. The van der Waals surface area contributed by atoms with Crippen LogP contribution in [-0.2, 0) is 21.4 Å². The van der Waals surface area contributed by atoms with E-state index in [1.54, 1.807) is 0 Å². The Labute approximate surface area is 234 Å². The highest BCUT2D eigenvalue weighted by Gasteiger charge is 2.31. The number of nitrogens with zero attached hydrogens (tertiary/aromatic N) is 2. The van der Waals surface area contributed by atoms with Gasteiger partial charge in [-0.2, -0.15) is 0 Å². The molecule has 0 unspecified atom stereocenters. The molecule has 1 heterocycles. The lowest BCUT2D eigenvalue weighted by atomic mass is 9.69. The van der Waals surface area contributed by atoms with Crippen molar-refractivity contribution in [1.82, 2.24) is 9.97 Å². The molecule has 0 aliphatic heterocycles. The maximum absolute atomic E-state index is 11.0. The van der Waals surface area contributed by atoms with Crippen molar-refractivity contribution < 1.29 is 14.6 Å². The molecule has 2 aromatic carbocycles. The van der Waals surface area contributed by atoms with E-state index in [0.29, 0.717) is 31.7 Å². The summed E-state index contributed by atoms with van der Waals surface area (Å²) in [6.07, 6.45) is 11.6. The van der Waals surface area contributed by atoms with Gasteiger partial charge in [0.05, 0.1) is 12.2 Å². The molecule has 0 aliphatic carbocycles. The standard InChI is InChI=1S/C34H44N2O3/c1-8-33(38,9-2)18-16-28-12-13-29(20-24(28)5)34(10-3,11-4)30-14-15-31(25(6)21-30)32-35-22-27(23-36-32)17-19-39-26(7)37/h12-16,18,20-23,38H,8-11,17,19H2,1-7H3/b18-16+. The quantitative estimate of drug-likeness (QED) is 0.246. The zero-order chi connectivity index (χ0) is 28.6. The van der Waals surface area contributed by atoms with Crippen LogP contribution in [0.3, 0.4) is 0 Å². The van der Waals surface area contributed by atoms with Crippen molar-refractivity contribution in [3.63, 3.8) is 0 Å². The van der Waals surface area contributed by atoms with Crippen LogP contribution in [0.25, 0.3) is 17.5 Å². The van der Waals surface area contributed by atoms with Crippen molar-refractivity contribution in [2.24, 2.45) is 0 Å². The summed E-state index contributed by atoms with van der Waals surface area (Å²) >= 11 is 0. The van der Waals surface area contributed by atoms with Crippen LogP contribution in [-0.4, -0.2) is 33.3 Å². The Morgan fingerprint density at radius 3 is 2.00 bits per heavy atom. The first-order valence-electron chi connectivity index (χ1n) is 14.2. The zero-order valence-corrected chi connectivity index (χ0v) is 24.7. The Hall–Kier alpha value is -3.31. The molecule has 0 bridgehead atoms. The third-order valence-electron chi connectivity index (χ3n) is 8.25. The van der Waals surface area contributed by atoms with Crippen LogP contribution < -0.4 is 0 Å². The first-order valence-corrected chi connectivity index (χ1v) is 14.2. The van der Waals surface area contributed by atoms with E-state index in [4.69, 9.17) is 4.74 Å². The van der Waals surface area contributed by atoms with Crippen molar-refractivity contribution in [2.45, 2.75) is 91.6 Å². The lowest BCUT2D eigenvalue weighted by molar-refractivity contribution is -0.140. The summed E-state index contributed by atoms with van der Waals surface area (Å²) in [7, 11) is 0. The van der Waals surface area contributed by atoms with Crippen LogP contribution in [0.2, 0.25) is 0 Å². The van der Waals surface area contributed by atoms with Gasteiger partial charge in [0.1, 0.15) is 0 Å². The van der Waals surface area contributed by atoms with E-state index in [2.05, 4.69) is 80.1 Å². The smallest absolute Gasteiger partial charge is 0.302 e. The second-order valence-corrected chi connectivity index (χ2v) is 10.5. The zero-order valence-electron chi connectivity index (χ0n) is 24.7. The fourth-order valence-corrected chi connectivity index (χ4v) is 5.27. The maximum Gasteiger partial charge on any atom is 0.302 e. The summed E-state index contributed by atoms with van der Waals surface area (Å²) in [6, 6.07) is 13.4. The lowest BCUT2D eigenvalue weighted by Gasteiger charge is -2.34. The molecule has 0 saturated heterocycles. The van der Waals surface area contributed by atoms with Gasteiger partial charge in [0, 0.05) is 36.7 Å². The molecule has 1 N–H and O–H groups in total. The molecule has 0 fully saturated rings. The molecule has 0 spiro atoms. The number of aromatic nitrogens is 2. The maximum atomic E-state index is 11.0. The Balaban J connectivity index is 1.90. The molecule has 0 radical (unpaired) electrons. The number of carbonyl (C=O) groups excluding carboxylic acids is 1. The highest BCUT2D eigenvalue weighted by Crippen LogP contribution is 2.41. The van der Waals surface area contributed by atoms with Gasteiger partial charge in [0.15, 0.2) is 5.82 Å². The summed E-state index contributed by atoms with van der Waals surface area (Å²) in [4.78, 5) is 20.2. The fourth-order valence-electron chi connectivity index (χ4n) is 5.27. The number of aryl methyl sites for hydroxylation is 2. The topological polar surface area (TPSA) is 72.3 Å². The lowest BCUT2D eigenvalue weighted by Crippen LogP contribution is -2.26. The predicted octanol–water partition coefficient (Wildman–Crippen LogP) is 7.54. The van der Waals surface area contributed by atoms with E-state index in [1.165, 1.54) is 23.6 Å². The monoisotopic (exact) mass is 528 g/mol. The summed E-state index contributed by atoms with van der Waals surface area (Å²) in [5.74, 6) is 0.415. The molecule has 5 nitrogen and oxygen atoms in total. The van der Waals surface area contributed by atoms with Gasteiger partial charge in [-0.3, -0.25) is 4.79 Å². The van der Waals surface area contributed by atoms with E-state index < -0.39 is 5.60 Å². The predicted molar refractivity (Wildman–Crippen MR) is 160 cm³/mol. The van der Waals surface area contributed by atoms with Gasteiger partial charge < -0.3 is 9.84 Å². The van der Waals surface area contributed by atoms with Crippen molar-refractivity contribution in [1.29, 1.82) is 0 Å². The van der Waals surface area contributed by atoms with Crippen LogP contribution in [0.15, 0.2) is 54.9 Å². The van der Waals surface area contributed by atoms with Crippen LogP contribution in [0, 0.1) is 13.8 Å². The molecule has 0 amide bonds. The Kier molecular flexibility index (Phi) is 10.2. The Morgan fingerprint density at radius 1 is 0.897 bits per heavy atom. The van der Waals surface area contributed by atoms with E-state index in [9.17, 15) is 9.90 Å². The SMILES string of the molecule is CCC(O)(/C=C/c1ccc(C(CC)(CC)c2ccc(-c3ncc(CCOC(C)=O)cn3)c(C)c2)cc1C)CC. The number of hydrogen-bond donors (Lipinski definition) is 1. The molecule has 1 aromatic heterocycles. The Morgan fingerprint density at radius 2 is 1.49 bits per heavy atom. The minimum atomic E-state index is -0.755. The van der Waals surface area contributed by atoms with Gasteiger partial charge in [0.25, 0.3) is 0 Å². The van der Waals surface area contributed by atoms with Crippen LogP contribution in [0.4, 0.5) is 0 Å². The highest BCUT2D eigenvalue weighted by atomic mass is 16.5. The third kappa shape index (κ3) is 7.02. The second-order valence-electron chi connectivity index (χ2n) is 10.5. The number of hydrogen-bond acceptors (Lipinski definition) is 5. The average molecular weight is 529 g/mol. The molecular formula is C34H44N2O3. The second kappa shape index (κ2) is 13.2. The van der Waals surface area contributed by atoms with Crippen LogP contribution in [0.5, 0.6) is 0 Å². The van der Waals surface area contributed by atoms with Gasteiger partial charge in [-0.15, -0.1) is 0 Å². The van der Waals surface area contributed by atoms with E-state index >= 15 is 0 Å². The number of aliphatic hydroxyl groups is 1. The summed E-state index contributed by atoms with van der Waals surface area (Å²) in [5.41, 5.74) is 7.18. The van der Waals surface area contributed by atoms with Crippen molar-refractivity contribution in [3.8, 4) is 11.4 Å². The van der Waals surface area contributed by atoms with Gasteiger partial charge in [0.2, 0.25) is 0 Å².